The molecule has 0 fully saturated rings. The van der Waals surface area contributed by atoms with Crippen molar-refractivity contribution in [3.8, 4) is 0 Å². The Hall–Kier alpha value is -1.62. The van der Waals surface area contributed by atoms with E-state index in [1.807, 2.05) is 0 Å². The lowest BCUT2D eigenvalue weighted by Crippen LogP contribution is -2.33. The number of nitrogens with one attached hydrogen (secondary N) is 1. The number of carboxylic acid groups (broad SMARTS) is 1. The zero-order valence-electron chi connectivity index (χ0n) is 12.5. The molecule has 1 unspecified atom stereocenters. The molecular formula is C12H18F3N3O4S. The third-order valence-electron chi connectivity index (χ3n) is 2.89. The standard InChI is InChI=1S/C12H18F3N3O4S/c1-8(2)3-9(11(19)20)4-17-23(21,22)10-5-16-18(6-10)7-12(13,14)15/h5-6,8-9,17H,3-4,7H2,1-2H3,(H,19,20). The average molecular weight is 357 g/mol. The van der Waals surface area contributed by atoms with Gasteiger partial charge in [0.05, 0.1) is 12.1 Å². The minimum atomic E-state index is -4.52. The number of halogens is 3. The molecule has 1 rings (SSSR count). The van der Waals surface area contributed by atoms with Crippen LogP contribution in [0.4, 0.5) is 13.2 Å². The molecule has 11 heteroatoms. The monoisotopic (exact) mass is 357 g/mol. The molecule has 0 aromatic carbocycles. The molecule has 7 nitrogen and oxygen atoms in total. The van der Waals surface area contributed by atoms with Crippen molar-refractivity contribution in [2.24, 2.45) is 11.8 Å². The van der Waals surface area contributed by atoms with Gasteiger partial charge in [0.15, 0.2) is 0 Å². The van der Waals surface area contributed by atoms with Crippen LogP contribution in [-0.4, -0.2) is 42.0 Å². The molecule has 23 heavy (non-hydrogen) atoms. The van der Waals surface area contributed by atoms with E-state index in [9.17, 15) is 26.4 Å². The van der Waals surface area contributed by atoms with Gasteiger partial charge in [0.2, 0.25) is 10.0 Å². The van der Waals surface area contributed by atoms with Crippen molar-refractivity contribution in [1.29, 1.82) is 0 Å². The van der Waals surface area contributed by atoms with Crippen molar-refractivity contribution >= 4 is 16.0 Å². The number of carboxylic acids is 1. The van der Waals surface area contributed by atoms with Gasteiger partial charge in [0.1, 0.15) is 11.4 Å². The molecule has 2 N–H and O–H groups in total. The van der Waals surface area contributed by atoms with E-state index in [4.69, 9.17) is 5.11 Å². The highest BCUT2D eigenvalue weighted by Crippen LogP contribution is 2.18. The molecule has 1 heterocycles. The molecule has 0 spiro atoms. The Kier molecular flexibility index (Phi) is 6.17. The highest BCUT2D eigenvalue weighted by Gasteiger charge is 2.29. The summed E-state index contributed by atoms with van der Waals surface area (Å²) >= 11 is 0. The second kappa shape index (κ2) is 7.30. The number of carbonyl (C=O) groups is 1. The first-order chi connectivity index (χ1) is 10.4. The number of sulfonamides is 1. The van der Waals surface area contributed by atoms with Crippen LogP contribution in [0.25, 0.3) is 0 Å². The van der Waals surface area contributed by atoms with E-state index in [0.29, 0.717) is 4.68 Å². The van der Waals surface area contributed by atoms with Crippen molar-refractivity contribution < 1.29 is 31.5 Å². The van der Waals surface area contributed by atoms with Crippen LogP contribution in [0.3, 0.4) is 0 Å². The van der Waals surface area contributed by atoms with Gasteiger partial charge >= 0.3 is 12.1 Å². The summed E-state index contributed by atoms with van der Waals surface area (Å²) in [5.41, 5.74) is 0. The van der Waals surface area contributed by atoms with Gasteiger partial charge in [-0.1, -0.05) is 13.8 Å². The van der Waals surface area contributed by atoms with Gasteiger partial charge in [-0.15, -0.1) is 0 Å². The lowest BCUT2D eigenvalue weighted by atomic mass is 9.98. The van der Waals surface area contributed by atoms with Gasteiger partial charge in [-0.2, -0.15) is 18.3 Å². The van der Waals surface area contributed by atoms with Crippen LogP contribution in [0, 0.1) is 11.8 Å². The topological polar surface area (TPSA) is 101 Å². The second-order valence-corrected chi connectivity index (χ2v) is 7.27. The van der Waals surface area contributed by atoms with Crippen LogP contribution in [0.15, 0.2) is 17.3 Å². The molecule has 0 aliphatic carbocycles. The number of aromatic nitrogens is 2. The largest absolute Gasteiger partial charge is 0.481 e. The molecule has 0 aliphatic rings. The summed E-state index contributed by atoms with van der Waals surface area (Å²) < 4.78 is 63.2. The van der Waals surface area contributed by atoms with Crippen molar-refractivity contribution in [3.05, 3.63) is 12.4 Å². The Balaban J connectivity index is 2.77. The highest BCUT2D eigenvalue weighted by molar-refractivity contribution is 7.89. The van der Waals surface area contributed by atoms with Crippen molar-refractivity contribution in [3.63, 3.8) is 0 Å². The molecule has 1 aromatic rings. The van der Waals surface area contributed by atoms with E-state index in [1.165, 1.54) is 0 Å². The van der Waals surface area contributed by atoms with Crippen LogP contribution in [-0.2, 0) is 21.4 Å². The number of hydrogen-bond donors (Lipinski definition) is 2. The van der Waals surface area contributed by atoms with Crippen LogP contribution < -0.4 is 4.72 Å². The van der Waals surface area contributed by atoms with E-state index in [-0.39, 0.29) is 18.9 Å². The number of nitrogens with zero attached hydrogens (tertiary/aromatic N) is 2. The molecule has 0 bridgehead atoms. The normalized spacial score (nSPS) is 14.2. The Bertz CT molecular complexity index is 640. The van der Waals surface area contributed by atoms with Gasteiger partial charge in [-0.3, -0.25) is 9.48 Å². The minimum absolute atomic E-state index is 0.0511. The molecule has 0 amide bonds. The molecule has 0 radical (unpaired) electrons. The van der Waals surface area contributed by atoms with Crippen LogP contribution in [0.5, 0.6) is 0 Å². The minimum Gasteiger partial charge on any atom is -0.481 e. The maximum atomic E-state index is 12.2. The summed E-state index contributed by atoms with van der Waals surface area (Å²) in [5.74, 6) is -2.01. The molecule has 132 valence electrons. The van der Waals surface area contributed by atoms with E-state index >= 15 is 0 Å². The Labute approximate surface area is 131 Å². The van der Waals surface area contributed by atoms with Crippen molar-refractivity contribution in [2.75, 3.05) is 6.54 Å². The molecular weight excluding hydrogens is 339 g/mol. The fourth-order valence-electron chi connectivity index (χ4n) is 1.89. The van der Waals surface area contributed by atoms with Gasteiger partial charge in [0, 0.05) is 12.7 Å². The maximum absolute atomic E-state index is 12.2. The zero-order chi connectivity index (χ0) is 17.8. The van der Waals surface area contributed by atoms with E-state index < -0.39 is 39.5 Å². The van der Waals surface area contributed by atoms with E-state index in [0.717, 1.165) is 12.4 Å². The van der Waals surface area contributed by atoms with E-state index in [2.05, 4.69) is 9.82 Å². The predicted octanol–water partition coefficient (Wildman–Crippen LogP) is 1.47. The Morgan fingerprint density at radius 2 is 2.04 bits per heavy atom. The average Bonchev–Trinajstić information content (AvgIpc) is 2.80. The maximum Gasteiger partial charge on any atom is 0.408 e. The number of hydrogen-bond acceptors (Lipinski definition) is 4. The van der Waals surface area contributed by atoms with Crippen molar-refractivity contribution in [1.82, 2.24) is 14.5 Å². The molecule has 0 aliphatic heterocycles. The summed E-state index contributed by atoms with van der Waals surface area (Å²) in [5, 5.41) is 12.4. The SMILES string of the molecule is CC(C)CC(CNS(=O)(=O)c1cnn(CC(F)(F)F)c1)C(=O)O. The first-order valence-electron chi connectivity index (χ1n) is 6.72. The van der Waals surface area contributed by atoms with Gasteiger partial charge in [-0.25, -0.2) is 13.1 Å². The Morgan fingerprint density at radius 3 is 2.52 bits per heavy atom. The Morgan fingerprint density at radius 1 is 1.43 bits per heavy atom. The molecule has 0 saturated heterocycles. The molecule has 1 aromatic heterocycles. The van der Waals surface area contributed by atoms with Gasteiger partial charge in [0.25, 0.3) is 0 Å². The molecule has 1 atom stereocenters. The fourth-order valence-corrected chi connectivity index (χ4v) is 2.92. The first kappa shape index (κ1) is 19.4. The van der Waals surface area contributed by atoms with Crippen molar-refractivity contribution in [2.45, 2.75) is 37.9 Å². The first-order valence-corrected chi connectivity index (χ1v) is 8.20. The number of aliphatic carboxylic acids is 1. The number of rotatable bonds is 8. The van der Waals surface area contributed by atoms with E-state index in [1.54, 1.807) is 13.8 Å². The van der Waals surface area contributed by atoms with Gasteiger partial charge in [-0.05, 0) is 12.3 Å². The lowest BCUT2D eigenvalue weighted by molar-refractivity contribution is -0.143. The third-order valence-corrected chi connectivity index (χ3v) is 4.26. The zero-order valence-corrected chi connectivity index (χ0v) is 13.4. The fraction of sp³-hybridized carbons (Fsp3) is 0.667. The quantitative estimate of drug-likeness (QED) is 0.734. The smallest absolute Gasteiger partial charge is 0.408 e. The summed E-state index contributed by atoms with van der Waals surface area (Å²) in [6.45, 7) is 1.84. The summed E-state index contributed by atoms with van der Waals surface area (Å²) in [7, 11) is -4.12. The predicted molar refractivity (Wildman–Crippen MR) is 74.1 cm³/mol. The second-order valence-electron chi connectivity index (χ2n) is 5.51. The summed E-state index contributed by atoms with van der Waals surface area (Å²) in [4.78, 5) is 10.6. The number of alkyl halides is 3. The lowest BCUT2D eigenvalue weighted by Gasteiger charge is -2.15. The summed E-state index contributed by atoms with van der Waals surface area (Å²) in [6.07, 6.45) is -2.72. The third kappa shape index (κ3) is 6.57. The van der Waals surface area contributed by atoms with Crippen LogP contribution in [0.1, 0.15) is 20.3 Å². The van der Waals surface area contributed by atoms with Gasteiger partial charge < -0.3 is 5.11 Å². The van der Waals surface area contributed by atoms with Crippen LogP contribution in [0.2, 0.25) is 0 Å². The summed E-state index contributed by atoms with van der Waals surface area (Å²) in [6, 6.07) is 0. The van der Waals surface area contributed by atoms with Crippen LogP contribution >= 0.6 is 0 Å². The highest BCUT2D eigenvalue weighted by atomic mass is 32.2. The molecule has 0 saturated carbocycles.